The maximum absolute atomic E-state index is 11.7. The van der Waals surface area contributed by atoms with Gasteiger partial charge in [0.15, 0.2) is 15.8 Å². The zero-order chi connectivity index (χ0) is 19.3. The number of nitrogens with zero attached hydrogens (tertiary/aromatic N) is 4. The Morgan fingerprint density at radius 3 is 2.78 bits per heavy atom. The van der Waals surface area contributed by atoms with E-state index in [4.69, 9.17) is 0 Å². The average Bonchev–Trinajstić information content (AvgIpc) is 2.99. The van der Waals surface area contributed by atoms with E-state index in [0.717, 1.165) is 44.1 Å². The van der Waals surface area contributed by atoms with E-state index in [1.165, 1.54) is 0 Å². The summed E-state index contributed by atoms with van der Waals surface area (Å²) < 4.78 is 23.4. The van der Waals surface area contributed by atoms with Crippen LogP contribution in [0.15, 0.2) is 23.3 Å². The van der Waals surface area contributed by atoms with Crippen molar-refractivity contribution in [1.82, 2.24) is 20.5 Å². The van der Waals surface area contributed by atoms with Gasteiger partial charge in [0, 0.05) is 50.5 Å². The van der Waals surface area contributed by atoms with Gasteiger partial charge in [0.2, 0.25) is 0 Å². The Kier molecular flexibility index (Phi) is 6.54. The molecule has 2 saturated heterocycles. The molecule has 1 aromatic heterocycles. The van der Waals surface area contributed by atoms with Gasteiger partial charge in [-0.3, -0.25) is 0 Å². The summed E-state index contributed by atoms with van der Waals surface area (Å²) in [6, 6.07) is 3.93. The van der Waals surface area contributed by atoms with Gasteiger partial charge in [-0.2, -0.15) is 0 Å². The maximum Gasteiger partial charge on any atom is 0.191 e. The Morgan fingerprint density at radius 1 is 1.33 bits per heavy atom. The van der Waals surface area contributed by atoms with Gasteiger partial charge in [-0.05, 0) is 26.5 Å². The Bertz CT molecular complexity index is 759. The highest BCUT2D eigenvalue weighted by molar-refractivity contribution is 7.91. The lowest BCUT2D eigenvalue weighted by Gasteiger charge is -2.34. The molecule has 0 bridgehead atoms. The van der Waals surface area contributed by atoms with Crippen LogP contribution in [0.2, 0.25) is 0 Å². The second-order valence-electron chi connectivity index (χ2n) is 7.22. The average molecular weight is 395 g/mol. The van der Waals surface area contributed by atoms with E-state index < -0.39 is 9.84 Å². The fourth-order valence-electron chi connectivity index (χ4n) is 3.44. The molecule has 2 N–H and O–H groups in total. The topological polar surface area (TPSA) is 89.9 Å². The molecular formula is C18H30N6O2S. The highest BCUT2D eigenvalue weighted by Crippen LogP contribution is 2.19. The van der Waals surface area contributed by atoms with E-state index in [1.54, 1.807) is 0 Å². The van der Waals surface area contributed by atoms with Crippen LogP contribution < -0.4 is 15.5 Å². The molecule has 2 fully saturated rings. The molecule has 1 aromatic rings. The minimum atomic E-state index is -2.91. The number of pyridine rings is 1. The molecule has 1 atom stereocenters. The summed E-state index contributed by atoms with van der Waals surface area (Å²) >= 11 is 0. The first-order valence-corrected chi connectivity index (χ1v) is 11.4. The van der Waals surface area contributed by atoms with Crippen molar-refractivity contribution in [1.29, 1.82) is 0 Å². The Labute approximate surface area is 162 Å². The fourth-order valence-corrected chi connectivity index (χ4v) is 5.12. The van der Waals surface area contributed by atoms with Crippen molar-refractivity contribution in [2.24, 2.45) is 4.99 Å². The molecule has 27 heavy (non-hydrogen) atoms. The molecule has 0 aromatic carbocycles. The minimum Gasteiger partial charge on any atom is -0.357 e. The van der Waals surface area contributed by atoms with Crippen LogP contribution in [0.5, 0.6) is 0 Å². The molecule has 8 nitrogen and oxygen atoms in total. The summed E-state index contributed by atoms with van der Waals surface area (Å²) in [7, 11) is -0.777. The number of hydrogen-bond donors (Lipinski definition) is 2. The van der Waals surface area contributed by atoms with E-state index in [9.17, 15) is 8.42 Å². The van der Waals surface area contributed by atoms with Crippen molar-refractivity contribution in [3.63, 3.8) is 0 Å². The number of hydrogen-bond acceptors (Lipinski definition) is 6. The van der Waals surface area contributed by atoms with Crippen LogP contribution in [0.4, 0.5) is 5.82 Å². The lowest BCUT2D eigenvalue weighted by atomic mass is 10.2. The Morgan fingerprint density at radius 2 is 2.11 bits per heavy atom. The lowest BCUT2D eigenvalue weighted by Crippen LogP contribution is -2.45. The van der Waals surface area contributed by atoms with Crippen LogP contribution in [-0.2, 0) is 16.4 Å². The van der Waals surface area contributed by atoms with E-state index >= 15 is 0 Å². The van der Waals surface area contributed by atoms with Crippen LogP contribution in [0.25, 0.3) is 0 Å². The standard InChI is InChI=1S/C18H30N6O2S/c1-3-19-18(22-16-6-12-27(25,26)14-16)21-13-15-5-4-7-20-17(15)24-10-8-23(2)9-11-24/h4-5,7,16H,3,6,8-14H2,1-2H3,(H2,19,21,22). The predicted molar refractivity (Wildman–Crippen MR) is 109 cm³/mol. The van der Waals surface area contributed by atoms with Crippen LogP contribution in [0.1, 0.15) is 18.9 Å². The molecule has 2 aliphatic rings. The monoisotopic (exact) mass is 394 g/mol. The molecule has 150 valence electrons. The largest absolute Gasteiger partial charge is 0.357 e. The van der Waals surface area contributed by atoms with Gasteiger partial charge in [-0.15, -0.1) is 0 Å². The number of aliphatic imine (C=N–C) groups is 1. The molecule has 0 radical (unpaired) electrons. The molecule has 2 aliphatic heterocycles. The van der Waals surface area contributed by atoms with Crippen LogP contribution in [0.3, 0.4) is 0 Å². The smallest absolute Gasteiger partial charge is 0.191 e. The number of guanidine groups is 1. The maximum atomic E-state index is 11.7. The van der Waals surface area contributed by atoms with Crippen molar-refractivity contribution in [2.75, 3.05) is 56.2 Å². The summed E-state index contributed by atoms with van der Waals surface area (Å²) in [4.78, 5) is 13.9. The SMILES string of the molecule is CCNC(=NCc1cccnc1N1CCN(C)CC1)NC1CCS(=O)(=O)C1. The fraction of sp³-hybridized carbons (Fsp3) is 0.667. The number of sulfone groups is 1. The van der Waals surface area contributed by atoms with E-state index in [-0.39, 0.29) is 17.5 Å². The van der Waals surface area contributed by atoms with E-state index in [1.807, 2.05) is 19.2 Å². The summed E-state index contributed by atoms with van der Waals surface area (Å²) in [5, 5.41) is 6.48. The Balaban J connectivity index is 1.69. The summed E-state index contributed by atoms with van der Waals surface area (Å²) in [5.74, 6) is 2.08. The van der Waals surface area contributed by atoms with Gasteiger partial charge in [0.05, 0.1) is 18.1 Å². The third-order valence-corrected chi connectivity index (χ3v) is 6.76. The Hall–Kier alpha value is -1.87. The highest BCUT2D eigenvalue weighted by atomic mass is 32.2. The van der Waals surface area contributed by atoms with Gasteiger partial charge >= 0.3 is 0 Å². The number of rotatable bonds is 5. The zero-order valence-corrected chi connectivity index (χ0v) is 17.0. The number of anilines is 1. The van der Waals surface area contributed by atoms with E-state index in [2.05, 4.69) is 43.5 Å². The summed E-state index contributed by atoms with van der Waals surface area (Å²) in [5.41, 5.74) is 1.08. The number of nitrogens with one attached hydrogen (secondary N) is 2. The predicted octanol–water partition coefficient (Wildman–Crippen LogP) is 0.0756. The zero-order valence-electron chi connectivity index (χ0n) is 16.2. The molecule has 0 spiro atoms. The molecule has 0 aliphatic carbocycles. The number of aromatic nitrogens is 1. The molecule has 1 unspecified atom stereocenters. The third-order valence-electron chi connectivity index (χ3n) is 5.00. The lowest BCUT2D eigenvalue weighted by molar-refractivity contribution is 0.312. The van der Waals surface area contributed by atoms with Crippen LogP contribution in [0, 0.1) is 0 Å². The van der Waals surface area contributed by atoms with E-state index in [0.29, 0.717) is 18.9 Å². The van der Waals surface area contributed by atoms with Crippen LogP contribution >= 0.6 is 0 Å². The normalized spacial score (nSPS) is 23.4. The molecule has 0 saturated carbocycles. The molecular weight excluding hydrogens is 364 g/mol. The molecule has 3 rings (SSSR count). The van der Waals surface area contributed by atoms with Crippen molar-refractivity contribution < 1.29 is 8.42 Å². The first kappa shape index (κ1) is 19.9. The second-order valence-corrected chi connectivity index (χ2v) is 9.44. The van der Waals surface area contributed by atoms with Gasteiger partial charge < -0.3 is 20.4 Å². The van der Waals surface area contributed by atoms with Crippen LogP contribution in [-0.4, -0.2) is 81.6 Å². The third kappa shape index (κ3) is 5.55. The van der Waals surface area contributed by atoms with Gasteiger partial charge in [0.25, 0.3) is 0 Å². The molecule has 3 heterocycles. The summed E-state index contributed by atoms with van der Waals surface area (Å²) in [6.45, 7) is 7.21. The first-order chi connectivity index (χ1) is 13.0. The molecule has 9 heteroatoms. The van der Waals surface area contributed by atoms with Crippen molar-refractivity contribution >= 4 is 21.6 Å². The first-order valence-electron chi connectivity index (χ1n) is 9.59. The minimum absolute atomic E-state index is 0.0706. The van der Waals surface area contributed by atoms with Crippen molar-refractivity contribution in [2.45, 2.75) is 25.9 Å². The summed E-state index contributed by atoms with van der Waals surface area (Å²) in [6.07, 6.45) is 2.46. The van der Waals surface area contributed by atoms with Gasteiger partial charge in [-0.1, -0.05) is 6.07 Å². The number of piperazine rings is 1. The number of likely N-dealkylation sites (N-methyl/N-ethyl adjacent to an activating group) is 1. The quantitative estimate of drug-likeness (QED) is 0.540. The van der Waals surface area contributed by atoms with Gasteiger partial charge in [-0.25, -0.2) is 18.4 Å². The second kappa shape index (κ2) is 8.88. The van der Waals surface area contributed by atoms with Crippen molar-refractivity contribution in [3.05, 3.63) is 23.9 Å². The highest BCUT2D eigenvalue weighted by Gasteiger charge is 2.28. The molecule has 0 amide bonds. The van der Waals surface area contributed by atoms with Gasteiger partial charge in [0.1, 0.15) is 5.82 Å². The van der Waals surface area contributed by atoms with Crippen molar-refractivity contribution in [3.8, 4) is 0 Å².